The van der Waals surface area contributed by atoms with Gasteiger partial charge >= 0.3 is 0 Å². The van der Waals surface area contributed by atoms with Crippen LogP contribution in [0.4, 0.5) is 0 Å². The van der Waals surface area contributed by atoms with Crippen molar-refractivity contribution in [1.82, 2.24) is 14.1 Å². The molecule has 3 fully saturated rings. The molecule has 11 heteroatoms. The summed E-state index contributed by atoms with van der Waals surface area (Å²) in [5.74, 6) is 0.247. The van der Waals surface area contributed by atoms with Gasteiger partial charge in [0.2, 0.25) is 10.0 Å². The van der Waals surface area contributed by atoms with E-state index in [1.165, 1.54) is 10.4 Å². The van der Waals surface area contributed by atoms with Gasteiger partial charge in [-0.05, 0) is 31.0 Å². The number of aryl methyl sites for hydroxylation is 1. The molecule has 0 aliphatic carbocycles. The van der Waals surface area contributed by atoms with Crippen LogP contribution in [0.15, 0.2) is 23.1 Å². The minimum Gasteiger partial charge on any atom is -0.379 e. The van der Waals surface area contributed by atoms with Crippen LogP contribution in [-0.4, -0.2) is 107 Å². The molecule has 3 aliphatic rings. The Bertz CT molecular complexity index is 1040. The van der Waals surface area contributed by atoms with E-state index in [-0.39, 0.29) is 28.4 Å². The van der Waals surface area contributed by atoms with E-state index in [0.717, 1.165) is 5.56 Å². The van der Waals surface area contributed by atoms with Gasteiger partial charge in [0.15, 0.2) is 9.84 Å². The van der Waals surface area contributed by atoms with Crippen molar-refractivity contribution < 1.29 is 26.4 Å². The summed E-state index contributed by atoms with van der Waals surface area (Å²) in [5, 5.41) is 0. The largest absolute Gasteiger partial charge is 0.379 e. The third kappa shape index (κ3) is 4.80. The van der Waals surface area contributed by atoms with Crippen LogP contribution in [0.3, 0.4) is 0 Å². The highest BCUT2D eigenvalue weighted by Crippen LogP contribution is 2.23. The maximum atomic E-state index is 13.2. The average Bonchev–Trinajstić information content (AvgIpc) is 3.14. The van der Waals surface area contributed by atoms with Crippen molar-refractivity contribution in [3.63, 3.8) is 0 Å². The topological polar surface area (TPSA) is 104 Å². The maximum Gasteiger partial charge on any atom is 0.254 e. The summed E-state index contributed by atoms with van der Waals surface area (Å²) in [6.45, 7) is 5.37. The van der Waals surface area contributed by atoms with Crippen molar-refractivity contribution >= 4 is 25.8 Å². The van der Waals surface area contributed by atoms with Crippen molar-refractivity contribution in [2.75, 3.05) is 64.0 Å². The number of ether oxygens (including phenoxy) is 1. The normalized spacial score (nSPS) is 25.6. The van der Waals surface area contributed by atoms with Crippen molar-refractivity contribution in [1.29, 1.82) is 0 Å². The third-order valence-electron chi connectivity index (χ3n) is 6.37. The minimum atomic E-state index is -3.68. The van der Waals surface area contributed by atoms with E-state index in [4.69, 9.17) is 4.74 Å². The first-order valence-corrected chi connectivity index (χ1v) is 13.9. The van der Waals surface area contributed by atoms with Crippen LogP contribution in [0, 0.1) is 6.92 Å². The Morgan fingerprint density at radius 3 is 2.35 bits per heavy atom. The molecule has 9 nitrogen and oxygen atoms in total. The molecule has 4 rings (SSSR count). The Morgan fingerprint density at radius 1 is 1.06 bits per heavy atom. The van der Waals surface area contributed by atoms with Crippen LogP contribution < -0.4 is 0 Å². The molecule has 0 radical (unpaired) electrons. The van der Waals surface area contributed by atoms with Gasteiger partial charge in [-0.15, -0.1) is 0 Å². The lowest BCUT2D eigenvalue weighted by Crippen LogP contribution is -2.52. The van der Waals surface area contributed by atoms with Crippen molar-refractivity contribution in [2.45, 2.75) is 24.3 Å². The molecule has 0 saturated carbocycles. The van der Waals surface area contributed by atoms with Gasteiger partial charge in [0.05, 0.1) is 29.6 Å². The number of benzene rings is 1. The molecule has 1 amide bonds. The zero-order chi connectivity index (χ0) is 22.2. The number of morpholine rings is 1. The summed E-state index contributed by atoms with van der Waals surface area (Å²) >= 11 is 0. The molecular formula is C20H29N3O6S2. The van der Waals surface area contributed by atoms with Crippen LogP contribution in [0.1, 0.15) is 22.3 Å². The van der Waals surface area contributed by atoms with E-state index in [1.807, 2.05) is 0 Å². The highest BCUT2D eigenvalue weighted by atomic mass is 32.2. The van der Waals surface area contributed by atoms with Gasteiger partial charge in [-0.3, -0.25) is 9.69 Å². The summed E-state index contributed by atoms with van der Waals surface area (Å²) < 4.78 is 56.1. The Labute approximate surface area is 183 Å². The number of sulfone groups is 1. The molecule has 1 aromatic rings. The number of hydrogen-bond donors (Lipinski definition) is 0. The highest BCUT2D eigenvalue weighted by Gasteiger charge is 2.35. The summed E-state index contributed by atoms with van der Waals surface area (Å²) in [4.78, 5) is 17.2. The molecule has 31 heavy (non-hydrogen) atoms. The zero-order valence-corrected chi connectivity index (χ0v) is 19.3. The number of carbonyl (C=O) groups is 1. The fourth-order valence-electron chi connectivity index (χ4n) is 4.45. The van der Waals surface area contributed by atoms with E-state index in [0.29, 0.717) is 64.5 Å². The van der Waals surface area contributed by atoms with Gasteiger partial charge in [-0.2, -0.15) is 4.31 Å². The maximum absolute atomic E-state index is 13.2. The van der Waals surface area contributed by atoms with E-state index in [9.17, 15) is 21.6 Å². The zero-order valence-electron chi connectivity index (χ0n) is 17.7. The molecule has 1 unspecified atom stereocenters. The van der Waals surface area contributed by atoms with Gasteiger partial charge in [-0.25, -0.2) is 16.8 Å². The SMILES string of the molecule is Cc1ccc(S(=O)(=O)N2CCOCC2)cc1C(=O)N1CCN(C2CCS(=O)(=O)C2)CC1. The van der Waals surface area contributed by atoms with Crippen LogP contribution in [0.2, 0.25) is 0 Å². The minimum absolute atomic E-state index is 0.0333. The lowest BCUT2D eigenvalue weighted by Gasteiger charge is -2.37. The van der Waals surface area contributed by atoms with Crippen LogP contribution in [0.5, 0.6) is 0 Å². The lowest BCUT2D eigenvalue weighted by atomic mass is 10.1. The predicted molar refractivity (Wildman–Crippen MR) is 115 cm³/mol. The Hall–Kier alpha value is -1.53. The molecular weight excluding hydrogens is 442 g/mol. The standard InChI is InChI=1S/C20H29N3O6S2/c1-16-2-3-18(31(27,28)23-9-11-29-12-10-23)14-19(16)20(24)22-7-5-21(6-8-22)17-4-13-30(25,26)15-17/h2-3,14,17H,4-13,15H2,1H3. The second-order valence-corrected chi connectivity index (χ2v) is 12.5. The predicted octanol–water partition coefficient (Wildman–Crippen LogP) is -0.0392. The Morgan fingerprint density at radius 2 is 1.74 bits per heavy atom. The first kappa shape index (κ1) is 22.7. The first-order chi connectivity index (χ1) is 14.7. The molecule has 1 atom stereocenters. The van der Waals surface area contributed by atoms with Crippen molar-refractivity contribution in [2.24, 2.45) is 0 Å². The number of amides is 1. The van der Waals surface area contributed by atoms with Gasteiger partial charge in [0.1, 0.15) is 0 Å². The summed E-state index contributed by atoms with van der Waals surface area (Å²) in [7, 11) is -6.62. The van der Waals surface area contributed by atoms with Crippen molar-refractivity contribution in [3.05, 3.63) is 29.3 Å². The van der Waals surface area contributed by atoms with E-state index in [1.54, 1.807) is 24.0 Å². The molecule has 3 aliphatic heterocycles. The number of piperazine rings is 1. The summed E-state index contributed by atoms with van der Waals surface area (Å²) in [6, 6.07) is 4.75. The van der Waals surface area contributed by atoms with Crippen LogP contribution in [-0.2, 0) is 24.6 Å². The van der Waals surface area contributed by atoms with Gasteiger partial charge < -0.3 is 9.64 Å². The van der Waals surface area contributed by atoms with Crippen LogP contribution >= 0.6 is 0 Å². The Balaban J connectivity index is 1.46. The molecule has 3 saturated heterocycles. The smallest absolute Gasteiger partial charge is 0.254 e. The summed E-state index contributed by atoms with van der Waals surface area (Å²) in [5.41, 5.74) is 1.13. The fraction of sp³-hybridized carbons (Fsp3) is 0.650. The molecule has 0 bridgehead atoms. The molecule has 172 valence electrons. The number of sulfonamides is 1. The number of hydrogen-bond acceptors (Lipinski definition) is 7. The summed E-state index contributed by atoms with van der Waals surface area (Å²) in [6.07, 6.45) is 0.650. The van der Waals surface area contributed by atoms with Gasteiger partial charge in [0.25, 0.3) is 5.91 Å². The van der Waals surface area contributed by atoms with Gasteiger partial charge in [0, 0.05) is 50.9 Å². The molecule has 0 N–H and O–H groups in total. The second kappa shape index (κ2) is 8.78. The second-order valence-electron chi connectivity index (χ2n) is 8.38. The molecule has 0 spiro atoms. The highest BCUT2D eigenvalue weighted by molar-refractivity contribution is 7.91. The fourth-order valence-corrected chi connectivity index (χ4v) is 7.65. The van der Waals surface area contributed by atoms with Gasteiger partial charge in [-0.1, -0.05) is 6.07 Å². The Kier molecular flexibility index (Phi) is 6.42. The lowest BCUT2D eigenvalue weighted by molar-refractivity contribution is 0.0586. The molecule has 0 aromatic heterocycles. The number of carbonyl (C=O) groups excluding carboxylic acids is 1. The third-order valence-corrected chi connectivity index (χ3v) is 10.0. The number of rotatable bonds is 4. The van der Waals surface area contributed by atoms with E-state index >= 15 is 0 Å². The molecule has 1 aromatic carbocycles. The first-order valence-electron chi connectivity index (χ1n) is 10.6. The van der Waals surface area contributed by atoms with E-state index < -0.39 is 19.9 Å². The van der Waals surface area contributed by atoms with Crippen molar-refractivity contribution in [3.8, 4) is 0 Å². The van der Waals surface area contributed by atoms with E-state index in [2.05, 4.69) is 4.90 Å². The monoisotopic (exact) mass is 471 g/mol. The van der Waals surface area contributed by atoms with Crippen LogP contribution in [0.25, 0.3) is 0 Å². The number of nitrogens with zero attached hydrogens (tertiary/aromatic N) is 3. The average molecular weight is 472 g/mol. The molecule has 3 heterocycles. The quantitative estimate of drug-likeness (QED) is 0.607.